The standard InChI is InChI=1S/C16H24N4O2/c1-12-5-6-14(22-12)16(2,21)11-19-15(17-3)18-9-13-7-8-20(4)10-13/h5-8,10,21H,9,11H2,1-4H3,(H2,17,18,19). The average molecular weight is 304 g/mol. The van der Waals surface area contributed by atoms with E-state index in [1.54, 1.807) is 20.0 Å². The highest BCUT2D eigenvalue weighted by Crippen LogP contribution is 2.21. The maximum atomic E-state index is 10.5. The number of guanidine groups is 1. The maximum Gasteiger partial charge on any atom is 0.191 e. The van der Waals surface area contributed by atoms with Crippen molar-refractivity contribution in [1.82, 2.24) is 15.2 Å². The van der Waals surface area contributed by atoms with Crippen LogP contribution in [-0.2, 0) is 19.2 Å². The lowest BCUT2D eigenvalue weighted by Crippen LogP contribution is -2.44. The number of aliphatic imine (C=N–C) groups is 1. The monoisotopic (exact) mass is 304 g/mol. The van der Waals surface area contributed by atoms with E-state index < -0.39 is 5.60 Å². The largest absolute Gasteiger partial charge is 0.463 e. The summed E-state index contributed by atoms with van der Waals surface area (Å²) in [5.74, 6) is 1.95. The van der Waals surface area contributed by atoms with Gasteiger partial charge in [0.15, 0.2) is 5.96 Å². The number of hydrogen-bond donors (Lipinski definition) is 3. The molecule has 0 spiro atoms. The van der Waals surface area contributed by atoms with Gasteiger partial charge in [-0.1, -0.05) is 0 Å². The number of aromatic nitrogens is 1. The molecule has 3 N–H and O–H groups in total. The Morgan fingerprint density at radius 2 is 2.14 bits per heavy atom. The molecular formula is C16H24N4O2. The summed E-state index contributed by atoms with van der Waals surface area (Å²) in [6.07, 6.45) is 4.04. The molecule has 0 aliphatic rings. The Morgan fingerprint density at radius 1 is 1.36 bits per heavy atom. The summed E-state index contributed by atoms with van der Waals surface area (Å²) in [5, 5.41) is 16.8. The molecule has 6 heteroatoms. The van der Waals surface area contributed by atoms with E-state index in [2.05, 4.69) is 15.6 Å². The molecule has 0 fully saturated rings. The van der Waals surface area contributed by atoms with E-state index in [9.17, 15) is 5.11 Å². The van der Waals surface area contributed by atoms with Crippen LogP contribution in [0.4, 0.5) is 0 Å². The third kappa shape index (κ3) is 4.14. The molecule has 0 radical (unpaired) electrons. The summed E-state index contributed by atoms with van der Waals surface area (Å²) < 4.78 is 7.49. The minimum Gasteiger partial charge on any atom is -0.463 e. The number of aliphatic hydroxyl groups is 1. The topological polar surface area (TPSA) is 74.7 Å². The Hall–Kier alpha value is -2.21. The third-order valence-corrected chi connectivity index (χ3v) is 3.45. The minimum absolute atomic E-state index is 0.300. The number of hydrogen-bond acceptors (Lipinski definition) is 3. The Bertz CT molecular complexity index is 640. The van der Waals surface area contributed by atoms with Crippen LogP contribution in [-0.4, -0.2) is 29.2 Å². The second-order valence-electron chi connectivity index (χ2n) is 5.65. The van der Waals surface area contributed by atoms with Gasteiger partial charge >= 0.3 is 0 Å². The van der Waals surface area contributed by atoms with Gasteiger partial charge in [0.2, 0.25) is 0 Å². The highest BCUT2D eigenvalue weighted by molar-refractivity contribution is 5.79. The smallest absolute Gasteiger partial charge is 0.191 e. The predicted octanol–water partition coefficient (Wildman–Crippen LogP) is 1.50. The molecule has 0 aliphatic heterocycles. The van der Waals surface area contributed by atoms with Gasteiger partial charge < -0.3 is 24.7 Å². The van der Waals surface area contributed by atoms with Crippen molar-refractivity contribution in [2.75, 3.05) is 13.6 Å². The first-order valence-electron chi connectivity index (χ1n) is 7.25. The van der Waals surface area contributed by atoms with E-state index in [4.69, 9.17) is 4.42 Å². The minimum atomic E-state index is -1.10. The van der Waals surface area contributed by atoms with Crippen LogP contribution in [0.1, 0.15) is 24.0 Å². The molecule has 0 amide bonds. The Labute approximate surface area is 130 Å². The normalized spacial score (nSPS) is 14.7. The molecular weight excluding hydrogens is 280 g/mol. The zero-order valence-electron chi connectivity index (χ0n) is 13.6. The van der Waals surface area contributed by atoms with Gasteiger partial charge in [0.25, 0.3) is 0 Å². The molecule has 1 unspecified atom stereocenters. The van der Waals surface area contributed by atoms with Crippen LogP contribution in [0.2, 0.25) is 0 Å². The van der Waals surface area contributed by atoms with E-state index in [1.165, 1.54) is 5.56 Å². The summed E-state index contributed by atoms with van der Waals surface area (Å²) in [6, 6.07) is 5.67. The number of rotatable bonds is 5. The van der Waals surface area contributed by atoms with Gasteiger partial charge in [-0.25, -0.2) is 0 Å². The second-order valence-corrected chi connectivity index (χ2v) is 5.65. The summed E-state index contributed by atoms with van der Waals surface area (Å²) in [5.41, 5.74) is 0.0670. The molecule has 0 bridgehead atoms. The van der Waals surface area contributed by atoms with Gasteiger partial charge in [0.1, 0.15) is 17.1 Å². The van der Waals surface area contributed by atoms with Crippen LogP contribution in [0, 0.1) is 6.92 Å². The predicted molar refractivity (Wildman–Crippen MR) is 86.6 cm³/mol. The molecule has 0 aromatic carbocycles. The summed E-state index contributed by atoms with van der Waals surface area (Å²) >= 11 is 0. The fraction of sp³-hybridized carbons (Fsp3) is 0.438. The molecule has 1 atom stereocenters. The first kappa shape index (κ1) is 16.2. The fourth-order valence-corrected chi connectivity index (χ4v) is 2.14. The van der Waals surface area contributed by atoms with Crippen molar-refractivity contribution < 1.29 is 9.52 Å². The van der Waals surface area contributed by atoms with Crippen LogP contribution in [0.3, 0.4) is 0 Å². The van der Waals surface area contributed by atoms with Crippen molar-refractivity contribution in [2.24, 2.45) is 12.0 Å². The van der Waals surface area contributed by atoms with Gasteiger partial charge in [-0.2, -0.15) is 0 Å². The summed E-state index contributed by atoms with van der Waals surface area (Å²) in [7, 11) is 3.69. The first-order chi connectivity index (χ1) is 10.4. The average Bonchev–Trinajstić information content (AvgIpc) is 3.08. The van der Waals surface area contributed by atoms with Crippen LogP contribution in [0.15, 0.2) is 40.0 Å². The van der Waals surface area contributed by atoms with Gasteiger partial charge in [-0.15, -0.1) is 0 Å². The molecule has 2 aromatic rings. The molecule has 0 saturated heterocycles. The molecule has 22 heavy (non-hydrogen) atoms. The third-order valence-electron chi connectivity index (χ3n) is 3.45. The summed E-state index contributed by atoms with van der Waals surface area (Å²) in [6.45, 7) is 4.53. The van der Waals surface area contributed by atoms with E-state index in [1.807, 2.05) is 43.1 Å². The van der Waals surface area contributed by atoms with Crippen LogP contribution < -0.4 is 10.6 Å². The first-order valence-corrected chi connectivity index (χ1v) is 7.25. The van der Waals surface area contributed by atoms with Crippen LogP contribution >= 0.6 is 0 Å². The Morgan fingerprint density at radius 3 is 2.68 bits per heavy atom. The van der Waals surface area contributed by atoms with E-state index in [-0.39, 0.29) is 0 Å². The zero-order chi connectivity index (χ0) is 16.2. The second kappa shape index (κ2) is 6.70. The number of nitrogens with one attached hydrogen (secondary N) is 2. The Kier molecular flexibility index (Phi) is 4.92. The van der Waals surface area contributed by atoms with Crippen molar-refractivity contribution in [2.45, 2.75) is 26.0 Å². The number of nitrogens with zero attached hydrogens (tertiary/aromatic N) is 2. The number of aryl methyl sites for hydroxylation is 2. The molecule has 6 nitrogen and oxygen atoms in total. The molecule has 2 rings (SSSR count). The highest BCUT2D eigenvalue weighted by atomic mass is 16.4. The van der Waals surface area contributed by atoms with Crippen molar-refractivity contribution >= 4 is 5.96 Å². The summed E-state index contributed by atoms with van der Waals surface area (Å²) in [4.78, 5) is 4.16. The maximum absolute atomic E-state index is 10.5. The molecule has 2 aromatic heterocycles. The SMILES string of the molecule is CN=C(NCc1ccn(C)c1)NCC(C)(O)c1ccc(C)o1. The lowest BCUT2D eigenvalue weighted by atomic mass is 10.0. The van der Waals surface area contributed by atoms with Gasteiger partial charge in [0, 0.05) is 33.0 Å². The molecule has 2 heterocycles. The van der Waals surface area contributed by atoms with Crippen molar-refractivity contribution in [3.8, 4) is 0 Å². The van der Waals surface area contributed by atoms with E-state index in [0.717, 1.165) is 5.76 Å². The number of furan rings is 1. The lowest BCUT2D eigenvalue weighted by Gasteiger charge is -2.22. The lowest BCUT2D eigenvalue weighted by molar-refractivity contribution is 0.0378. The molecule has 0 saturated carbocycles. The zero-order valence-corrected chi connectivity index (χ0v) is 13.6. The molecule has 120 valence electrons. The van der Waals surface area contributed by atoms with Crippen LogP contribution in [0.5, 0.6) is 0 Å². The highest BCUT2D eigenvalue weighted by Gasteiger charge is 2.27. The van der Waals surface area contributed by atoms with E-state index >= 15 is 0 Å². The van der Waals surface area contributed by atoms with Crippen molar-refractivity contribution in [3.05, 3.63) is 47.7 Å². The molecule has 0 aliphatic carbocycles. The van der Waals surface area contributed by atoms with Gasteiger partial charge in [-0.3, -0.25) is 4.99 Å². The Balaban J connectivity index is 1.88. The van der Waals surface area contributed by atoms with Crippen LogP contribution in [0.25, 0.3) is 0 Å². The van der Waals surface area contributed by atoms with Crippen molar-refractivity contribution in [3.63, 3.8) is 0 Å². The fourth-order valence-electron chi connectivity index (χ4n) is 2.14. The van der Waals surface area contributed by atoms with E-state index in [0.29, 0.717) is 24.8 Å². The van der Waals surface area contributed by atoms with Gasteiger partial charge in [-0.05, 0) is 37.6 Å². The quantitative estimate of drug-likeness (QED) is 0.578. The van der Waals surface area contributed by atoms with Gasteiger partial charge in [0.05, 0.1) is 6.54 Å². The van der Waals surface area contributed by atoms with Crippen molar-refractivity contribution in [1.29, 1.82) is 0 Å².